The van der Waals surface area contributed by atoms with E-state index in [1.807, 2.05) is 0 Å². The maximum Gasteiger partial charge on any atom is 0.230 e. The van der Waals surface area contributed by atoms with Crippen LogP contribution in [0.15, 0.2) is 18.2 Å². The summed E-state index contributed by atoms with van der Waals surface area (Å²) in [6.07, 6.45) is -0.176. The third-order valence-electron chi connectivity index (χ3n) is 2.14. The van der Waals surface area contributed by atoms with Crippen molar-refractivity contribution in [2.75, 3.05) is 5.32 Å². The second-order valence-corrected chi connectivity index (χ2v) is 4.77. The van der Waals surface area contributed by atoms with Crippen LogP contribution in [0.25, 0.3) is 0 Å². The molecule has 0 aliphatic carbocycles. The molecule has 0 bridgehead atoms. The molecule has 94 valence electrons. The number of carbonyl (C=O) groups excluding carboxylic acids is 1. The molecule has 0 spiro atoms. The number of nitrogens with one attached hydrogen (secondary N) is 1. The Hall–Kier alpha value is -1.89. The normalized spacial score (nSPS) is 10.4. The highest BCUT2D eigenvalue weighted by molar-refractivity contribution is 7.15. The molecule has 0 saturated heterocycles. The number of rotatable bonds is 3. The number of hydrogen-bond acceptors (Lipinski definition) is 4. The molecule has 1 amide bonds. The number of hydrogen-bond donors (Lipinski definition) is 1. The quantitative estimate of drug-likeness (QED) is 0.930. The number of nitrogens with zero attached hydrogens (tertiary/aromatic N) is 2. The molecule has 0 aliphatic heterocycles. The molecule has 0 fully saturated rings. The summed E-state index contributed by atoms with van der Waals surface area (Å²) in [6, 6.07) is 3.11. The predicted octanol–water partition coefficient (Wildman–Crippen LogP) is 2.31. The second-order valence-electron chi connectivity index (χ2n) is 3.59. The molecule has 2 aromatic rings. The van der Waals surface area contributed by atoms with Crippen molar-refractivity contribution in [3.8, 4) is 0 Å². The van der Waals surface area contributed by atoms with E-state index in [-0.39, 0.29) is 12.0 Å². The number of anilines is 1. The topological polar surface area (TPSA) is 54.9 Å². The van der Waals surface area contributed by atoms with Crippen molar-refractivity contribution in [3.63, 3.8) is 0 Å². The van der Waals surface area contributed by atoms with Gasteiger partial charge in [0.15, 0.2) is 0 Å². The number of aromatic nitrogens is 2. The number of halogens is 2. The first kappa shape index (κ1) is 12.6. The van der Waals surface area contributed by atoms with Gasteiger partial charge in [0.2, 0.25) is 11.0 Å². The van der Waals surface area contributed by atoms with Crippen LogP contribution in [0.3, 0.4) is 0 Å². The van der Waals surface area contributed by atoms with Gasteiger partial charge >= 0.3 is 0 Å². The largest absolute Gasteiger partial charge is 0.300 e. The minimum absolute atomic E-state index is 0.134. The van der Waals surface area contributed by atoms with Gasteiger partial charge < -0.3 is 5.32 Å². The van der Waals surface area contributed by atoms with Crippen LogP contribution in [-0.2, 0) is 11.2 Å². The van der Waals surface area contributed by atoms with E-state index in [0.29, 0.717) is 5.13 Å². The lowest BCUT2D eigenvalue weighted by atomic mass is 10.1. The maximum atomic E-state index is 13.3. The molecule has 1 N–H and O–H groups in total. The van der Waals surface area contributed by atoms with Gasteiger partial charge in [-0.2, -0.15) is 0 Å². The monoisotopic (exact) mass is 269 g/mol. The van der Waals surface area contributed by atoms with Gasteiger partial charge in [-0.25, -0.2) is 8.78 Å². The number of amides is 1. The zero-order chi connectivity index (χ0) is 13.1. The first-order valence-electron chi connectivity index (χ1n) is 5.08. The van der Waals surface area contributed by atoms with Crippen LogP contribution in [0.4, 0.5) is 13.9 Å². The third-order valence-corrected chi connectivity index (χ3v) is 2.89. The van der Waals surface area contributed by atoms with E-state index in [2.05, 4.69) is 15.5 Å². The van der Waals surface area contributed by atoms with E-state index in [9.17, 15) is 13.6 Å². The average molecular weight is 269 g/mol. The fourth-order valence-corrected chi connectivity index (χ4v) is 1.96. The van der Waals surface area contributed by atoms with Crippen molar-refractivity contribution in [1.82, 2.24) is 10.2 Å². The van der Waals surface area contributed by atoms with Crippen LogP contribution in [0.5, 0.6) is 0 Å². The Balaban J connectivity index is 2.03. The van der Waals surface area contributed by atoms with Gasteiger partial charge in [-0.1, -0.05) is 17.4 Å². The van der Waals surface area contributed by atoms with Gasteiger partial charge in [0.1, 0.15) is 16.6 Å². The van der Waals surface area contributed by atoms with E-state index in [4.69, 9.17) is 0 Å². The molecular weight excluding hydrogens is 260 g/mol. The van der Waals surface area contributed by atoms with Crippen molar-refractivity contribution >= 4 is 22.4 Å². The first-order chi connectivity index (χ1) is 8.54. The highest BCUT2D eigenvalue weighted by atomic mass is 32.1. The maximum absolute atomic E-state index is 13.3. The standard InChI is InChI=1S/C11H9F2N3OS/c1-6-15-16-11(18-6)14-10(17)4-7-2-3-8(12)5-9(7)13/h2-3,5H,4H2,1H3,(H,14,16,17). The summed E-state index contributed by atoms with van der Waals surface area (Å²) in [7, 11) is 0. The van der Waals surface area contributed by atoms with Crippen LogP contribution < -0.4 is 5.32 Å². The van der Waals surface area contributed by atoms with Crippen LogP contribution in [0.1, 0.15) is 10.6 Å². The molecule has 0 unspecified atom stereocenters. The molecule has 7 heteroatoms. The van der Waals surface area contributed by atoms with Gasteiger partial charge in [-0.05, 0) is 18.6 Å². The van der Waals surface area contributed by atoms with E-state index in [0.717, 1.165) is 17.1 Å². The van der Waals surface area contributed by atoms with Crippen LogP contribution in [0, 0.1) is 18.6 Å². The minimum atomic E-state index is -0.737. The molecule has 0 atom stereocenters. The van der Waals surface area contributed by atoms with Crippen molar-refractivity contribution in [1.29, 1.82) is 0 Å². The molecule has 18 heavy (non-hydrogen) atoms. The lowest BCUT2D eigenvalue weighted by Gasteiger charge is -2.03. The minimum Gasteiger partial charge on any atom is -0.300 e. The Morgan fingerprint density at radius 2 is 2.17 bits per heavy atom. The molecule has 4 nitrogen and oxygen atoms in total. The summed E-state index contributed by atoms with van der Waals surface area (Å²) < 4.78 is 26.0. The van der Waals surface area contributed by atoms with E-state index in [1.54, 1.807) is 6.92 Å². The highest BCUT2D eigenvalue weighted by Gasteiger charge is 2.11. The molecule has 2 rings (SSSR count). The Morgan fingerprint density at radius 3 is 2.78 bits per heavy atom. The van der Waals surface area contributed by atoms with E-state index >= 15 is 0 Å². The Kier molecular flexibility index (Phi) is 3.61. The summed E-state index contributed by atoms with van der Waals surface area (Å²) in [6.45, 7) is 1.76. The van der Waals surface area contributed by atoms with Crippen LogP contribution in [0.2, 0.25) is 0 Å². The summed E-state index contributed by atoms with van der Waals surface area (Å²) >= 11 is 1.23. The molecule has 1 aromatic heterocycles. The van der Waals surface area contributed by atoms with Crippen LogP contribution >= 0.6 is 11.3 Å². The average Bonchev–Trinajstić information content (AvgIpc) is 2.68. The summed E-state index contributed by atoms with van der Waals surface area (Å²) in [5, 5.41) is 11.0. The van der Waals surface area contributed by atoms with Crippen molar-refractivity contribution < 1.29 is 13.6 Å². The van der Waals surface area contributed by atoms with Crippen molar-refractivity contribution in [2.45, 2.75) is 13.3 Å². The second kappa shape index (κ2) is 5.18. The molecule has 1 aromatic carbocycles. The number of aryl methyl sites for hydroxylation is 1. The van der Waals surface area contributed by atoms with E-state index in [1.165, 1.54) is 17.4 Å². The van der Waals surface area contributed by atoms with E-state index < -0.39 is 17.5 Å². The summed E-state index contributed by atoms with van der Waals surface area (Å²) in [4.78, 5) is 11.6. The molecular formula is C11H9F2N3OS. The SMILES string of the molecule is Cc1nnc(NC(=O)Cc2ccc(F)cc2F)s1. The van der Waals surface area contributed by atoms with Gasteiger partial charge in [0.05, 0.1) is 6.42 Å². The lowest BCUT2D eigenvalue weighted by Crippen LogP contribution is -2.15. The third kappa shape index (κ3) is 3.07. The Bertz CT molecular complexity index is 585. The fourth-order valence-electron chi connectivity index (χ4n) is 1.35. The van der Waals surface area contributed by atoms with Gasteiger partial charge in [0.25, 0.3) is 0 Å². The van der Waals surface area contributed by atoms with Crippen LogP contribution in [-0.4, -0.2) is 16.1 Å². The Labute approximate surface area is 106 Å². The number of benzene rings is 1. The van der Waals surface area contributed by atoms with Crippen molar-refractivity contribution in [3.05, 3.63) is 40.4 Å². The molecule has 0 radical (unpaired) electrons. The first-order valence-corrected chi connectivity index (χ1v) is 5.90. The van der Waals surface area contributed by atoms with Crippen molar-refractivity contribution in [2.24, 2.45) is 0 Å². The zero-order valence-electron chi connectivity index (χ0n) is 9.41. The van der Waals surface area contributed by atoms with Gasteiger partial charge in [-0.15, -0.1) is 10.2 Å². The summed E-state index contributed by atoms with van der Waals surface area (Å²) in [5.41, 5.74) is 0.134. The summed E-state index contributed by atoms with van der Waals surface area (Å²) in [5.74, 6) is -1.83. The predicted molar refractivity (Wildman–Crippen MR) is 63.3 cm³/mol. The van der Waals surface area contributed by atoms with Gasteiger partial charge in [0, 0.05) is 6.07 Å². The molecule has 0 aliphatic rings. The zero-order valence-corrected chi connectivity index (χ0v) is 10.2. The highest BCUT2D eigenvalue weighted by Crippen LogP contribution is 2.15. The van der Waals surface area contributed by atoms with Gasteiger partial charge in [-0.3, -0.25) is 4.79 Å². The molecule has 1 heterocycles. The lowest BCUT2D eigenvalue weighted by molar-refractivity contribution is -0.115. The smallest absolute Gasteiger partial charge is 0.230 e. The molecule has 0 saturated carbocycles. The number of carbonyl (C=O) groups is 1. The fraction of sp³-hybridized carbons (Fsp3) is 0.182. The Morgan fingerprint density at radius 1 is 1.39 bits per heavy atom.